The number of allylic oxidation sites excluding steroid dienone is 2. The van der Waals surface area contributed by atoms with Crippen molar-refractivity contribution in [2.24, 2.45) is 17.8 Å². The van der Waals surface area contributed by atoms with E-state index in [0.717, 1.165) is 30.3 Å². The Bertz CT molecular complexity index is 682. The lowest BCUT2D eigenvalue weighted by atomic mass is 9.68. The van der Waals surface area contributed by atoms with Gasteiger partial charge in [0.2, 0.25) is 0 Å². The van der Waals surface area contributed by atoms with Gasteiger partial charge in [0.1, 0.15) is 0 Å². The van der Waals surface area contributed by atoms with Crippen molar-refractivity contribution in [3.05, 3.63) is 40.3 Å². The molecule has 0 bridgehead atoms. The minimum absolute atomic E-state index is 0.187. The SMILES string of the molecule is C#[N+][C@@]12CC[C@H](CCCCC(C)C)[C@H]1CCC/C2=C\C=C1C[C@@H](O)C(=C)[C@H](O)C1. The maximum atomic E-state index is 10.1. The molecule has 3 fully saturated rings. The average molecular weight is 399 g/mol. The van der Waals surface area contributed by atoms with Crippen LogP contribution in [0.3, 0.4) is 0 Å². The van der Waals surface area contributed by atoms with Crippen molar-refractivity contribution in [3.8, 4) is 6.57 Å². The van der Waals surface area contributed by atoms with Crippen LogP contribution in [0.5, 0.6) is 0 Å². The predicted octanol–water partition coefficient (Wildman–Crippen LogP) is 6.04. The second kappa shape index (κ2) is 9.63. The number of fused-ring (bicyclic) bond motifs is 1. The molecule has 3 rings (SSSR count). The van der Waals surface area contributed by atoms with E-state index in [0.29, 0.717) is 24.3 Å². The number of hydrogen-bond donors (Lipinski definition) is 2. The van der Waals surface area contributed by atoms with Gasteiger partial charge in [0.05, 0.1) is 12.2 Å². The molecule has 0 radical (unpaired) electrons. The second-order valence-electron chi connectivity index (χ2n) is 10.1. The van der Waals surface area contributed by atoms with Crippen LogP contribution in [0.2, 0.25) is 0 Å². The summed E-state index contributed by atoms with van der Waals surface area (Å²) in [5, 5.41) is 20.2. The number of rotatable bonds is 6. The van der Waals surface area contributed by atoms with E-state index >= 15 is 0 Å². The number of nitrogens with zero attached hydrogens (tertiary/aromatic N) is 1. The molecule has 3 aliphatic carbocycles. The lowest BCUT2D eigenvalue weighted by Gasteiger charge is -2.32. The molecule has 0 aromatic heterocycles. The van der Waals surface area contributed by atoms with Gasteiger partial charge >= 0.3 is 5.54 Å². The Morgan fingerprint density at radius 2 is 1.90 bits per heavy atom. The molecule has 3 heteroatoms. The van der Waals surface area contributed by atoms with E-state index in [1.54, 1.807) is 0 Å². The second-order valence-corrected chi connectivity index (χ2v) is 10.1. The van der Waals surface area contributed by atoms with E-state index in [2.05, 4.69) is 37.4 Å². The van der Waals surface area contributed by atoms with E-state index in [1.165, 1.54) is 50.5 Å². The van der Waals surface area contributed by atoms with Crippen molar-refractivity contribution >= 4 is 0 Å². The third kappa shape index (κ3) is 4.86. The van der Waals surface area contributed by atoms with E-state index < -0.39 is 12.2 Å². The largest absolute Gasteiger partial charge is 0.388 e. The van der Waals surface area contributed by atoms with Crippen LogP contribution >= 0.6 is 0 Å². The Hall–Kier alpha value is -1.37. The molecule has 0 heterocycles. The van der Waals surface area contributed by atoms with Crippen molar-refractivity contribution in [2.75, 3.05) is 0 Å². The van der Waals surface area contributed by atoms with Gasteiger partial charge in [0.25, 0.3) is 6.57 Å². The molecular formula is C26H40NO2+. The van der Waals surface area contributed by atoms with Gasteiger partial charge in [-0.2, -0.15) is 0 Å². The Balaban J connectivity index is 1.71. The summed E-state index contributed by atoms with van der Waals surface area (Å²) in [5.74, 6) is 2.11. The summed E-state index contributed by atoms with van der Waals surface area (Å²) in [6, 6.07) is 0. The molecule has 0 amide bonds. The van der Waals surface area contributed by atoms with Gasteiger partial charge in [-0.15, -0.1) is 0 Å². The highest BCUT2D eigenvalue weighted by atomic mass is 16.3. The van der Waals surface area contributed by atoms with Gasteiger partial charge in [-0.05, 0) is 62.4 Å². The summed E-state index contributed by atoms with van der Waals surface area (Å²) in [6.45, 7) is 14.5. The van der Waals surface area contributed by atoms with E-state index in [-0.39, 0.29) is 5.54 Å². The number of unbranched alkanes of at least 4 members (excludes halogenated alkanes) is 1. The minimum atomic E-state index is -0.641. The summed E-state index contributed by atoms with van der Waals surface area (Å²) < 4.78 is 0. The maximum absolute atomic E-state index is 10.1. The van der Waals surface area contributed by atoms with Gasteiger partial charge < -0.3 is 10.2 Å². The molecule has 0 aromatic carbocycles. The topological polar surface area (TPSA) is 44.8 Å². The van der Waals surface area contributed by atoms with Crippen molar-refractivity contribution < 1.29 is 10.2 Å². The van der Waals surface area contributed by atoms with Gasteiger partial charge in [-0.1, -0.05) is 62.3 Å². The zero-order valence-electron chi connectivity index (χ0n) is 18.4. The first-order valence-corrected chi connectivity index (χ1v) is 11.7. The molecule has 3 aliphatic rings. The third-order valence-corrected chi connectivity index (χ3v) is 7.72. The lowest BCUT2D eigenvalue weighted by molar-refractivity contribution is 0.123. The quantitative estimate of drug-likeness (QED) is 0.423. The fraction of sp³-hybridized carbons (Fsp3) is 0.731. The van der Waals surface area contributed by atoms with Crippen LogP contribution in [-0.2, 0) is 0 Å². The van der Waals surface area contributed by atoms with Crippen LogP contribution in [0, 0.1) is 24.3 Å². The predicted molar refractivity (Wildman–Crippen MR) is 121 cm³/mol. The van der Waals surface area contributed by atoms with Crippen molar-refractivity contribution in [1.82, 2.24) is 0 Å². The Morgan fingerprint density at radius 3 is 2.55 bits per heavy atom. The first-order chi connectivity index (χ1) is 13.9. The van der Waals surface area contributed by atoms with Crippen LogP contribution in [-0.4, -0.2) is 28.0 Å². The first kappa shape index (κ1) is 22.3. The highest BCUT2D eigenvalue weighted by molar-refractivity contribution is 5.37. The maximum Gasteiger partial charge on any atom is 0.305 e. The van der Waals surface area contributed by atoms with Crippen molar-refractivity contribution in [3.63, 3.8) is 0 Å². The van der Waals surface area contributed by atoms with Gasteiger partial charge in [-0.3, -0.25) is 0 Å². The molecule has 3 saturated carbocycles. The van der Waals surface area contributed by atoms with Crippen LogP contribution in [0.4, 0.5) is 0 Å². The van der Waals surface area contributed by atoms with E-state index in [4.69, 9.17) is 6.57 Å². The zero-order chi connectivity index (χ0) is 21.0. The Kier molecular flexibility index (Phi) is 7.41. The molecule has 3 nitrogen and oxygen atoms in total. The standard InChI is InChI=1S/C26H40NO2/c1-18(2)8-5-6-9-21-14-15-26(27-4)22(10-7-11-23(21)26)13-12-20-16-24(28)19(3)25(29)17-20/h4,12-13,18,21,23-25,28-29H,3,5-11,14-17H2,1-2H3/q+1/b22-13+/t21-,23+,24+,25+,26+/m0/s1. The average Bonchev–Trinajstić information content (AvgIpc) is 3.07. The normalized spacial score (nSPS) is 36.3. The van der Waals surface area contributed by atoms with E-state index in [1.807, 2.05) is 0 Å². The Labute approximate surface area is 177 Å². The monoisotopic (exact) mass is 398 g/mol. The molecule has 2 N–H and O–H groups in total. The molecule has 0 saturated heterocycles. The van der Waals surface area contributed by atoms with Crippen LogP contribution in [0.15, 0.2) is 35.5 Å². The first-order valence-electron chi connectivity index (χ1n) is 11.7. The number of aliphatic hydroxyl groups excluding tert-OH is 2. The summed E-state index contributed by atoms with van der Waals surface area (Å²) in [4.78, 5) is 4.52. The fourth-order valence-corrected chi connectivity index (χ4v) is 5.98. The molecule has 0 aliphatic heterocycles. The molecular weight excluding hydrogens is 358 g/mol. The zero-order valence-corrected chi connectivity index (χ0v) is 18.4. The van der Waals surface area contributed by atoms with Gasteiger partial charge in [0.15, 0.2) is 0 Å². The molecule has 160 valence electrons. The summed E-state index contributed by atoms with van der Waals surface area (Å²) in [7, 11) is 0. The summed E-state index contributed by atoms with van der Waals surface area (Å²) in [5.41, 5.74) is 2.80. The van der Waals surface area contributed by atoms with Gasteiger partial charge in [-0.25, -0.2) is 0 Å². The van der Waals surface area contributed by atoms with Crippen molar-refractivity contribution in [1.29, 1.82) is 0 Å². The molecule has 0 unspecified atom stereocenters. The minimum Gasteiger partial charge on any atom is -0.388 e. The smallest absolute Gasteiger partial charge is 0.305 e. The summed E-state index contributed by atoms with van der Waals surface area (Å²) >= 11 is 0. The molecule has 0 aromatic rings. The van der Waals surface area contributed by atoms with Crippen LogP contribution < -0.4 is 0 Å². The number of hydrogen-bond acceptors (Lipinski definition) is 2. The summed E-state index contributed by atoms with van der Waals surface area (Å²) in [6.07, 6.45) is 15.3. The van der Waals surface area contributed by atoms with Crippen LogP contribution in [0.25, 0.3) is 4.85 Å². The number of aliphatic hydroxyl groups is 2. The molecule has 29 heavy (non-hydrogen) atoms. The lowest BCUT2D eigenvalue weighted by Crippen LogP contribution is -2.37. The highest BCUT2D eigenvalue weighted by Gasteiger charge is 2.60. The van der Waals surface area contributed by atoms with Crippen LogP contribution in [0.1, 0.15) is 84.5 Å². The molecule has 5 atom stereocenters. The molecule has 0 spiro atoms. The van der Waals surface area contributed by atoms with Gasteiger partial charge in [0, 0.05) is 17.9 Å². The third-order valence-electron chi connectivity index (χ3n) is 7.72. The van der Waals surface area contributed by atoms with E-state index in [9.17, 15) is 10.2 Å². The highest BCUT2D eigenvalue weighted by Crippen LogP contribution is 2.55. The Morgan fingerprint density at radius 1 is 1.17 bits per heavy atom. The van der Waals surface area contributed by atoms with Crippen molar-refractivity contribution in [2.45, 2.75) is 102 Å². The fourth-order valence-electron chi connectivity index (χ4n) is 5.98.